The number of para-hydroxylation sites is 1. The second-order valence-electron chi connectivity index (χ2n) is 5.96. The number of hydrogen-bond donors (Lipinski definition) is 2. The van der Waals surface area contributed by atoms with E-state index in [0.29, 0.717) is 17.0 Å². The zero-order valence-corrected chi connectivity index (χ0v) is 14.8. The van der Waals surface area contributed by atoms with Crippen molar-refractivity contribution in [2.75, 3.05) is 11.6 Å². The molecule has 1 unspecified atom stereocenters. The number of fused-ring (bicyclic) bond motifs is 1. The molecular weight excluding hydrogens is 320 g/mol. The summed E-state index contributed by atoms with van der Waals surface area (Å²) in [7, 11) is -0.960. The summed E-state index contributed by atoms with van der Waals surface area (Å²) in [5.74, 6) is 0.260. The summed E-state index contributed by atoms with van der Waals surface area (Å²) in [4.78, 5) is 15.9. The number of amides is 1. The van der Waals surface area contributed by atoms with Crippen LogP contribution in [0.5, 0.6) is 0 Å². The van der Waals surface area contributed by atoms with Gasteiger partial charge in [0.05, 0.1) is 5.75 Å². The summed E-state index contributed by atoms with van der Waals surface area (Å²) in [5, 5.41) is 4.00. The van der Waals surface area contributed by atoms with Gasteiger partial charge in [0.15, 0.2) is 0 Å². The molecule has 0 saturated heterocycles. The van der Waals surface area contributed by atoms with E-state index >= 15 is 0 Å². The molecule has 4 nitrogen and oxygen atoms in total. The van der Waals surface area contributed by atoms with Crippen LogP contribution in [0.15, 0.2) is 42.5 Å². The van der Waals surface area contributed by atoms with Crippen LogP contribution in [0.25, 0.3) is 10.9 Å². The third-order valence-electron chi connectivity index (χ3n) is 4.19. The zero-order valence-electron chi connectivity index (χ0n) is 14.0. The number of nitrogens with one attached hydrogen (secondary N) is 2. The zero-order chi connectivity index (χ0) is 17.3. The molecule has 2 N–H and O–H groups in total. The van der Waals surface area contributed by atoms with Crippen molar-refractivity contribution in [1.29, 1.82) is 0 Å². The summed E-state index contributed by atoms with van der Waals surface area (Å²) in [6.07, 6.45) is 1.66. The molecule has 3 aromatic rings. The monoisotopic (exact) mass is 340 g/mol. The van der Waals surface area contributed by atoms with E-state index in [-0.39, 0.29) is 5.91 Å². The van der Waals surface area contributed by atoms with Crippen molar-refractivity contribution < 1.29 is 9.00 Å². The highest BCUT2D eigenvalue weighted by molar-refractivity contribution is 7.83. The molecule has 0 aliphatic carbocycles. The molecule has 3 rings (SSSR count). The molecule has 0 bridgehead atoms. The molecule has 1 atom stereocenters. The van der Waals surface area contributed by atoms with Crippen molar-refractivity contribution in [1.82, 2.24) is 4.98 Å². The number of carbonyl (C=O) groups excluding carboxylic acids is 1. The van der Waals surface area contributed by atoms with Crippen LogP contribution in [-0.4, -0.2) is 21.4 Å². The predicted octanol–water partition coefficient (Wildman–Crippen LogP) is 3.92. The number of benzene rings is 2. The van der Waals surface area contributed by atoms with Gasteiger partial charge in [-0.05, 0) is 49.2 Å². The van der Waals surface area contributed by atoms with E-state index in [1.54, 1.807) is 6.26 Å². The molecular formula is C19H20N2O2S. The van der Waals surface area contributed by atoms with Crippen molar-refractivity contribution in [3.05, 3.63) is 64.8 Å². The fourth-order valence-corrected chi connectivity index (χ4v) is 3.47. The topological polar surface area (TPSA) is 62.0 Å². The Balaban J connectivity index is 1.90. The minimum atomic E-state index is -0.960. The maximum absolute atomic E-state index is 12.6. The quantitative estimate of drug-likeness (QED) is 0.756. The van der Waals surface area contributed by atoms with Gasteiger partial charge in [0.25, 0.3) is 5.91 Å². The molecule has 0 fully saturated rings. The van der Waals surface area contributed by atoms with E-state index in [1.807, 2.05) is 56.3 Å². The first kappa shape index (κ1) is 16.5. The highest BCUT2D eigenvalue weighted by atomic mass is 32.2. The van der Waals surface area contributed by atoms with Crippen LogP contribution in [0.1, 0.15) is 27.2 Å². The van der Waals surface area contributed by atoms with E-state index in [0.717, 1.165) is 27.7 Å². The smallest absolute Gasteiger partial charge is 0.255 e. The number of carbonyl (C=O) groups is 1. The van der Waals surface area contributed by atoms with Crippen LogP contribution < -0.4 is 5.32 Å². The van der Waals surface area contributed by atoms with Gasteiger partial charge in [-0.25, -0.2) is 0 Å². The van der Waals surface area contributed by atoms with Gasteiger partial charge in [-0.3, -0.25) is 9.00 Å². The van der Waals surface area contributed by atoms with Crippen LogP contribution in [-0.2, 0) is 16.6 Å². The Kier molecular flexibility index (Phi) is 4.53. The highest BCUT2D eigenvalue weighted by Gasteiger charge is 2.12. The lowest BCUT2D eigenvalue weighted by Gasteiger charge is -2.10. The molecule has 2 aromatic carbocycles. The van der Waals surface area contributed by atoms with E-state index < -0.39 is 10.8 Å². The summed E-state index contributed by atoms with van der Waals surface area (Å²) in [5.41, 5.74) is 5.49. The highest BCUT2D eigenvalue weighted by Crippen LogP contribution is 2.23. The molecule has 0 aliphatic rings. The molecule has 0 radical (unpaired) electrons. The van der Waals surface area contributed by atoms with Gasteiger partial charge in [-0.1, -0.05) is 18.2 Å². The molecule has 5 heteroatoms. The first-order valence-corrected chi connectivity index (χ1v) is 9.46. The number of aryl methyl sites for hydroxylation is 2. The normalized spacial score (nSPS) is 12.3. The van der Waals surface area contributed by atoms with Crippen LogP contribution >= 0.6 is 0 Å². The summed E-state index contributed by atoms with van der Waals surface area (Å²) >= 11 is 0. The number of rotatable bonds is 4. The van der Waals surface area contributed by atoms with Gasteiger partial charge in [0.1, 0.15) is 0 Å². The van der Waals surface area contributed by atoms with Crippen molar-refractivity contribution >= 4 is 33.3 Å². The average molecular weight is 340 g/mol. The second-order valence-corrected chi connectivity index (χ2v) is 7.40. The van der Waals surface area contributed by atoms with Crippen LogP contribution in [0, 0.1) is 13.8 Å². The average Bonchev–Trinajstić information content (AvgIpc) is 2.83. The Bertz CT molecular complexity index is 944. The Morgan fingerprint density at radius 1 is 1.17 bits per heavy atom. The van der Waals surface area contributed by atoms with Crippen molar-refractivity contribution in [2.24, 2.45) is 0 Å². The van der Waals surface area contributed by atoms with Crippen LogP contribution in [0.4, 0.5) is 5.69 Å². The van der Waals surface area contributed by atoms with Gasteiger partial charge in [-0.2, -0.15) is 0 Å². The molecule has 0 saturated carbocycles. The third kappa shape index (κ3) is 3.26. The maximum Gasteiger partial charge on any atom is 0.255 e. The summed E-state index contributed by atoms with van der Waals surface area (Å²) < 4.78 is 11.5. The molecule has 1 aromatic heterocycles. The first-order chi connectivity index (χ1) is 11.5. The molecule has 124 valence electrons. The Hall–Kier alpha value is -2.40. The Morgan fingerprint density at radius 3 is 2.67 bits per heavy atom. The van der Waals surface area contributed by atoms with Crippen LogP contribution in [0.3, 0.4) is 0 Å². The SMILES string of the molecule is Cc1[nH]c2ccc(C(=O)Nc3ccccc3CS(C)=O)cc2c1C. The summed E-state index contributed by atoms with van der Waals surface area (Å²) in [6, 6.07) is 13.1. The predicted molar refractivity (Wildman–Crippen MR) is 99.9 cm³/mol. The minimum Gasteiger partial charge on any atom is -0.358 e. The third-order valence-corrected chi connectivity index (χ3v) is 4.91. The van der Waals surface area contributed by atoms with E-state index in [4.69, 9.17) is 0 Å². The van der Waals surface area contributed by atoms with Gasteiger partial charge >= 0.3 is 0 Å². The van der Waals surface area contributed by atoms with Crippen molar-refractivity contribution in [3.8, 4) is 0 Å². The molecule has 24 heavy (non-hydrogen) atoms. The molecule has 1 heterocycles. The number of hydrogen-bond acceptors (Lipinski definition) is 2. The van der Waals surface area contributed by atoms with E-state index in [2.05, 4.69) is 10.3 Å². The first-order valence-electron chi connectivity index (χ1n) is 7.74. The number of aromatic nitrogens is 1. The lowest BCUT2D eigenvalue weighted by atomic mass is 10.1. The van der Waals surface area contributed by atoms with Crippen molar-refractivity contribution in [2.45, 2.75) is 19.6 Å². The number of aromatic amines is 1. The van der Waals surface area contributed by atoms with Gasteiger partial charge in [0.2, 0.25) is 0 Å². The maximum atomic E-state index is 12.6. The number of anilines is 1. The van der Waals surface area contributed by atoms with Gasteiger partial charge in [-0.15, -0.1) is 0 Å². The second kappa shape index (κ2) is 6.61. The standard InChI is InChI=1S/C19H20N2O2S/c1-12-13(2)20-18-9-8-14(10-16(12)18)19(22)21-17-7-5-4-6-15(17)11-24(3)23/h4-10,20H,11H2,1-3H3,(H,21,22). The lowest BCUT2D eigenvalue weighted by Crippen LogP contribution is -2.13. The Labute approximate surface area is 143 Å². The molecule has 0 aliphatic heterocycles. The molecule has 1 amide bonds. The number of H-pyrrole nitrogens is 1. The molecule has 0 spiro atoms. The fourth-order valence-electron chi connectivity index (χ4n) is 2.78. The van der Waals surface area contributed by atoms with Crippen molar-refractivity contribution in [3.63, 3.8) is 0 Å². The Morgan fingerprint density at radius 2 is 1.92 bits per heavy atom. The fraction of sp³-hybridized carbons (Fsp3) is 0.211. The summed E-state index contributed by atoms with van der Waals surface area (Å²) in [6.45, 7) is 4.07. The van der Waals surface area contributed by atoms with E-state index in [1.165, 1.54) is 0 Å². The lowest BCUT2D eigenvalue weighted by molar-refractivity contribution is 0.102. The van der Waals surface area contributed by atoms with Gasteiger partial charge < -0.3 is 10.3 Å². The van der Waals surface area contributed by atoms with Gasteiger partial charge in [0, 0.05) is 44.9 Å². The van der Waals surface area contributed by atoms with Crippen LogP contribution in [0.2, 0.25) is 0 Å². The minimum absolute atomic E-state index is 0.163. The largest absolute Gasteiger partial charge is 0.358 e. The van der Waals surface area contributed by atoms with E-state index in [9.17, 15) is 9.00 Å².